The molecule has 0 radical (unpaired) electrons. The van der Waals surface area contributed by atoms with E-state index in [1.54, 1.807) is 19.1 Å². The summed E-state index contributed by atoms with van der Waals surface area (Å²) in [7, 11) is 1.48. The van der Waals surface area contributed by atoms with Gasteiger partial charge >= 0.3 is 5.97 Å². The summed E-state index contributed by atoms with van der Waals surface area (Å²) in [4.78, 5) is 66.9. The van der Waals surface area contributed by atoms with Crippen LogP contribution in [0.15, 0.2) is 76.9 Å². The summed E-state index contributed by atoms with van der Waals surface area (Å²) < 4.78 is 5.37. The molecule has 0 bridgehead atoms. The Hall–Kier alpha value is -4.79. The Balaban J connectivity index is 1.49. The van der Waals surface area contributed by atoms with Crippen molar-refractivity contribution in [3.05, 3.63) is 88.0 Å². The molecule has 1 heterocycles. The molecule has 9 heteroatoms. The Kier molecular flexibility index (Phi) is 5.83. The van der Waals surface area contributed by atoms with Crippen LogP contribution in [0, 0.1) is 17.8 Å². The molecular formula is C31H25NO8. The van der Waals surface area contributed by atoms with Gasteiger partial charge < -0.3 is 14.9 Å². The van der Waals surface area contributed by atoms with E-state index in [0.717, 1.165) is 4.90 Å². The Morgan fingerprint density at radius 1 is 1.02 bits per heavy atom. The minimum Gasteiger partial charge on any atom is -0.508 e. The second-order valence-corrected chi connectivity index (χ2v) is 10.5. The van der Waals surface area contributed by atoms with Crippen molar-refractivity contribution in [3.8, 4) is 11.5 Å². The number of imide groups is 1. The molecule has 3 aliphatic carbocycles. The molecule has 1 aliphatic heterocycles. The van der Waals surface area contributed by atoms with E-state index in [2.05, 4.69) is 0 Å². The Bertz CT molecular complexity index is 1640. The second kappa shape index (κ2) is 9.15. The summed E-state index contributed by atoms with van der Waals surface area (Å²) in [5.74, 6) is -5.28. The number of phenolic OH excluding ortho intramolecular Hbond substituents is 1. The summed E-state index contributed by atoms with van der Waals surface area (Å²) in [5, 5.41) is 20.3. The van der Waals surface area contributed by atoms with Crippen LogP contribution in [0.2, 0.25) is 0 Å². The number of benzene rings is 2. The smallest absolute Gasteiger partial charge is 0.335 e. The number of hydrogen-bond donors (Lipinski definition) is 2. The highest BCUT2D eigenvalue weighted by Gasteiger charge is 2.56. The van der Waals surface area contributed by atoms with Crippen LogP contribution in [0.3, 0.4) is 0 Å². The fourth-order valence-electron chi connectivity index (χ4n) is 6.66. The average Bonchev–Trinajstić information content (AvgIpc) is 3.20. The first-order valence-corrected chi connectivity index (χ1v) is 12.9. The number of carbonyl (C=O) groups excluding carboxylic acids is 4. The zero-order valence-corrected chi connectivity index (χ0v) is 21.7. The largest absolute Gasteiger partial charge is 0.508 e. The number of aromatic carboxylic acids is 1. The molecule has 6 rings (SSSR count). The highest BCUT2D eigenvalue weighted by molar-refractivity contribution is 6.25. The number of hydrogen-bond acceptors (Lipinski definition) is 7. The molecule has 2 aromatic rings. The van der Waals surface area contributed by atoms with Crippen molar-refractivity contribution < 1.29 is 38.9 Å². The minimum absolute atomic E-state index is 0.0543. The summed E-state index contributed by atoms with van der Waals surface area (Å²) in [6.07, 6.45) is 3.47. The maximum absolute atomic E-state index is 13.9. The van der Waals surface area contributed by atoms with Crippen molar-refractivity contribution in [3.63, 3.8) is 0 Å². The van der Waals surface area contributed by atoms with Gasteiger partial charge in [-0.15, -0.1) is 0 Å². The Morgan fingerprint density at radius 2 is 1.80 bits per heavy atom. The van der Waals surface area contributed by atoms with E-state index < -0.39 is 41.5 Å². The maximum Gasteiger partial charge on any atom is 0.335 e. The first-order valence-electron chi connectivity index (χ1n) is 12.9. The number of methoxy groups -OCH3 is 1. The van der Waals surface area contributed by atoms with E-state index in [1.807, 2.05) is 6.08 Å². The fraction of sp³-hybridized carbons (Fsp3) is 0.258. The SMILES string of the molecule is COc1ccc(O)c([C@H]2C3=CC[C@@H]4C(=O)N(c5cccc(C(=O)O)c5)C(=O)[C@@H]4[C@@H]3CC3=C2C(=O)C=C(C)C3=O)c1. The van der Waals surface area contributed by atoms with E-state index in [0.29, 0.717) is 16.9 Å². The van der Waals surface area contributed by atoms with Gasteiger partial charge in [0.15, 0.2) is 11.6 Å². The fourth-order valence-corrected chi connectivity index (χ4v) is 6.66. The highest BCUT2D eigenvalue weighted by atomic mass is 16.5. The molecule has 2 N–H and O–H groups in total. The summed E-state index contributed by atoms with van der Waals surface area (Å²) >= 11 is 0. The van der Waals surface area contributed by atoms with Crippen molar-refractivity contribution in [2.24, 2.45) is 17.8 Å². The normalized spacial score (nSPS) is 25.7. The number of rotatable bonds is 4. The van der Waals surface area contributed by atoms with Crippen LogP contribution >= 0.6 is 0 Å². The number of ether oxygens (including phenoxy) is 1. The number of ketones is 2. The number of allylic oxidation sites excluding steroid dienone is 6. The molecule has 202 valence electrons. The van der Waals surface area contributed by atoms with Gasteiger partial charge in [0.2, 0.25) is 11.8 Å². The number of phenols is 1. The second-order valence-electron chi connectivity index (χ2n) is 10.5. The summed E-state index contributed by atoms with van der Waals surface area (Å²) in [6, 6.07) is 10.3. The van der Waals surface area contributed by atoms with Crippen molar-refractivity contribution in [2.45, 2.75) is 25.7 Å². The lowest BCUT2D eigenvalue weighted by atomic mass is 9.59. The third kappa shape index (κ3) is 3.65. The molecule has 0 aromatic heterocycles. The van der Waals surface area contributed by atoms with Crippen molar-refractivity contribution in [2.75, 3.05) is 12.0 Å². The van der Waals surface area contributed by atoms with Crippen molar-refractivity contribution >= 4 is 35.0 Å². The Labute approximate surface area is 229 Å². The number of nitrogens with zero attached hydrogens (tertiary/aromatic N) is 1. The molecule has 2 amide bonds. The van der Waals surface area contributed by atoms with Crippen LogP contribution in [0.4, 0.5) is 5.69 Å². The maximum atomic E-state index is 13.9. The van der Waals surface area contributed by atoms with Gasteiger partial charge in [0.1, 0.15) is 11.5 Å². The number of carbonyl (C=O) groups is 5. The predicted octanol–water partition coefficient (Wildman–Crippen LogP) is 3.73. The zero-order chi connectivity index (χ0) is 28.5. The van der Waals surface area contributed by atoms with Crippen LogP contribution in [0.1, 0.15) is 41.6 Å². The molecule has 0 unspecified atom stereocenters. The van der Waals surface area contributed by atoms with Gasteiger partial charge in [0, 0.05) is 28.2 Å². The summed E-state index contributed by atoms with van der Waals surface area (Å²) in [6.45, 7) is 1.57. The van der Waals surface area contributed by atoms with Gasteiger partial charge in [-0.2, -0.15) is 0 Å². The van der Waals surface area contributed by atoms with Crippen molar-refractivity contribution in [1.29, 1.82) is 0 Å². The third-order valence-electron chi connectivity index (χ3n) is 8.46. The van der Waals surface area contributed by atoms with Gasteiger partial charge in [-0.05, 0) is 68.2 Å². The lowest BCUT2D eigenvalue weighted by molar-refractivity contribution is -0.123. The van der Waals surface area contributed by atoms with E-state index in [4.69, 9.17) is 4.74 Å². The van der Waals surface area contributed by atoms with Crippen molar-refractivity contribution in [1.82, 2.24) is 0 Å². The molecule has 0 spiro atoms. The first-order chi connectivity index (χ1) is 19.1. The van der Waals surface area contributed by atoms with Gasteiger partial charge in [-0.25, -0.2) is 4.79 Å². The molecule has 4 atom stereocenters. The van der Waals surface area contributed by atoms with Crippen LogP contribution in [0.25, 0.3) is 0 Å². The number of Topliss-reactive ketones (excluding diaryl/α,β-unsaturated/α-hetero) is 1. The monoisotopic (exact) mass is 539 g/mol. The van der Waals surface area contributed by atoms with Gasteiger partial charge in [0.05, 0.1) is 30.2 Å². The highest BCUT2D eigenvalue weighted by Crippen LogP contribution is 2.56. The van der Waals surface area contributed by atoms with Gasteiger partial charge in [-0.1, -0.05) is 17.7 Å². The molecule has 9 nitrogen and oxygen atoms in total. The zero-order valence-electron chi connectivity index (χ0n) is 21.7. The lowest BCUT2D eigenvalue weighted by Gasteiger charge is -2.42. The number of aromatic hydroxyl groups is 1. The molecule has 4 aliphatic rings. The Morgan fingerprint density at radius 3 is 2.52 bits per heavy atom. The van der Waals surface area contributed by atoms with Gasteiger partial charge in [0.25, 0.3) is 0 Å². The molecular weight excluding hydrogens is 514 g/mol. The number of carboxylic acids is 1. The predicted molar refractivity (Wildman–Crippen MR) is 142 cm³/mol. The molecule has 1 fully saturated rings. The standard InChI is InChI=1S/C31H25NO8/c1-14-10-24(34)27-22(28(14)35)13-20-18(25(27)21-12-17(40-2)6-9-23(21)33)7-8-19-26(20)30(37)32(29(19)36)16-5-3-4-15(11-16)31(38)39/h3-7,9-12,19-20,25-26,33H,8,13H2,1-2H3,(H,38,39)/t19-,20+,25+,26-/m0/s1. The number of amides is 2. The van der Waals surface area contributed by atoms with E-state index in [9.17, 15) is 34.2 Å². The lowest BCUT2D eigenvalue weighted by Crippen LogP contribution is -2.39. The van der Waals surface area contributed by atoms with Crippen LogP contribution in [-0.2, 0) is 19.2 Å². The van der Waals surface area contributed by atoms with E-state index in [-0.39, 0.29) is 58.1 Å². The number of carboxylic acid groups (broad SMARTS) is 1. The van der Waals surface area contributed by atoms with E-state index >= 15 is 0 Å². The number of anilines is 1. The number of fused-ring (bicyclic) bond motifs is 3. The van der Waals surface area contributed by atoms with Crippen LogP contribution < -0.4 is 9.64 Å². The topological polar surface area (TPSA) is 138 Å². The van der Waals surface area contributed by atoms with E-state index in [1.165, 1.54) is 43.5 Å². The quantitative estimate of drug-likeness (QED) is 0.341. The third-order valence-corrected chi connectivity index (χ3v) is 8.46. The van der Waals surface area contributed by atoms with Gasteiger partial charge in [-0.3, -0.25) is 24.1 Å². The van der Waals surface area contributed by atoms with Crippen LogP contribution in [-0.4, -0.2) is 46.7 Å². The molecule has 1 saturated heterocycles. The molecule has 2 aromatic carbocycles. The molecule has 0 saturated carbocycles. The minimum atomic E-state index is -1.18. The first kappa shape index (κ1) is 25.5. The van der Waals surface area contributed by atoms with Crippen LogP contribution in [0.5, 0.6) is 11.5 Å². The summed E-state index contributed by atoms with van der Waals surface area (Å²) in [5.41, 5.74) is 2.03. The molecule has 40 heavy (non-hydrogen) atoms. The average molecular weight is 540 g/mol.